The molecule has 0 saturated carbocycles. The minimum Gasteiger partial charge on any atom is -0.298 e. The molecule has 0 aliphatic carbocycles. The van der Waals surface area contributed by atoms with Crippen LogP contribution in [0.4, 0.5) is 8.78 Å². The van der Waals surface area contributed by atoms with Gasteiger partial charge in [0.25, 0.3) is 6.43 Å². The highest BCUT2D eigenvalue weighted by atomic mass is 19.3. The summed E-state index contributed by atoms with van der Waals surface area (Å²) in [4.78, 5) is 13.6. The minimum atomic E-state index is -2.77. The van der Waals surface area contributed by atoms with Crippen molar-refractivity contribution in [1.82, 2.24) is 4.98 Å². The van der Waals surface area contributed by atoms with Gasteiger partial charge in [0.1, 0.15) is 23.7 Å². The van der Waals surface area contributed by atoms with Gasteiger partial charge in [-0.1, -0.05) is 0 Å². The summed E-state index contributed by atoms with van der Waals surface area (Å²) >= 11 is 0. The molecule has 0 aromatic carbocycles. The Labute approximate surface area is 72.6 Å². The number of halogens is 2. The largest absolute Gasteiger partial charge is 0.298 e. The van der Waals surface area contributed by atoms with Gasteiger partial charge in [0, 0.05) is 5.56 Å². The van der Waals surface area contributed by atoms with Crippen LogP contribution in [0.1, 0.15) is 28.2 Å². The summed E-state index contributed by atoms with van der Waals surface area (Å²) in [6.07, 6.45) is -2.37. The van der Waals surface area contributed by atoms with Crippen LogP contribution in [0.2, 0.25) is 0 Å². The monoisotopic (exact) mass is 182 g/mol. The second-order valence-electron chi connectivity index (χ2n) is 2.24. The third-order valence-electron chi connectivity index (χ3n) is 1.34. The van der Waals surface area contributed by atoms with Crippen molar-refractivity contribution in [3.8, 4) is 6.07 Å². The van der Waals surface area contributed by atoms with Gasteiger partial charge in [-0.15, -0.1) is 0 Å². The number of nitrogens with zero attached hydrogens (tertiary/aromatic N) is 2. The van der Waals surface area contributed by atoms with E-state index in [1.807, 2.05) is 0 Å². The van der Waals surface area contributed by atoms with Crippen molar-refractivity contribution >= 4 is 6.29 Å². The van der Waals surface area contributed by atoms with Gasteiger partial charge in [-0.05, 0) is 12.1 Å². The van der Waals surface area contributed by atoms with E-state index in [0.717, 1.165) is 12.1 Å². The fraction of sp³-hybridized carbons (Fsp3) is 0.125. The number of alkyl halides is 2. The molecule has 1 rings (SSSR count). The molecule has 0 saturated heterocycles. The topological polar surface area (TPSA) is 53.8 Å². The fourth-order valence-electron chi connectivity index (χ4n) is 0.811. The van der Waals surface area contributed by atoms with E-state index < -0.39 is 12.1 Å². The summed E-state index contributed by atoms with van der Waals surface area (Å²) in [5.74, 6) is 0. The third kappa shape index (κ3) is 2.06. The smallest absolute Gasteiger partial charge is 0.280 e. The highest BCUT2D eigenvalue weighted by Crippen LogP contribution is 2.17. The van der Waals surface area contributed by atoms with Crippen molar-refractivity contribution < 1.29 is 13.6 Å². The van der Waals surface area contributed by atoms with Gasteiger partial charge in [0.2, 0.25) is 0 Å². The molecule has 1 aromatic heterocycles. The molecule has 0 radical (unpaired) electrons. The van der Waals surface area contributed by atoms with Crippen LogP contribution in [0.15, 0.2) is 12.1 Å². The maximum Gasteiger partial charge on any atom is 0.280 e. The summed E-state index contributed by atoms with van der Waals surface area (Å²) in [7, 11) is 0. The number of carbonyl (C=O) groups excluding carboxylic acids is 1. The van der Waals surface area contributed by atoms with Gasteiger partial charge in [-0.3, -0.25) is 4.79 Å². The van der Waals surface area contributed by atoms with Crippen molar-refractivity contribution in [2.24, 2.45) is 0 Å². The van der Waals surface area contributed by atoms with Gasteiger partial charge >= 0.3 is 0 Å². The average molecular weight is 182 g/mol. The Morgan fingerprint density at radius 3 is 2.69 bits per heavy atom. The lowest BCUT2D eigenvalue weighted by molar-refractivity contribution is 0.112. The second kappa shape index (κ2) is 3.72. The Morgan fingerprint density at radius 2 is 2.23 bits per heavy atom. The van der Waals surface area contributed by atoms with Crippen LogP contribution >= 0.6 is 0 Å². The van der Waals surface area contributed by atoms with Crippen molar-refractivity contribution in [2.45, 2.75) is 6.43 Å². The molecule has 0 amide bonds. The zero-order valence-electron chi connectivity index (χ0n) is 6.37. The van der Waals surface area contributed by atoms with Crippen LogP contribution in [0, 0.1) is 11.3 Å². The molecule has 0 aliphatic rings. The number of hydrogen-bond acceptors (Lipinski definition) is 3. The number of hydrogen-bond donors (Lipinski definition) is 0. The SMILES string of the molecule is N#Cc1cc(C=O)cc(C(F)F)n1. The predicted octanol–water partition coefficient (Wildman–Crippen LogP) is 1.70. The maximum atomic E-state index is 12.1. The Bertz CT molecular complexity index is 371. The van der Waals surface area contributed by atoms with E-state index in [0.29, 0.717) is 6.29 Å². The maximum absolute atomic E-state index is 12.1. The zero-order chi connectivity index (χ0) is 9.84. The van der Waals surface area contributed by atoms with Crippen LogP contribution in [0.3, 0.4) is 0 Å². The Morgan fingerprint density at radius 1 is 1.54 bits per heavy atom. The van der Waals surface area contributed by atoms with E-state index in [1.165, 1.54) is 0 Å². The number of nitriles is 1. The zero-order valence-corrected chi connectivity index (χ0v) is 6.37. The van der Waals surface area contributed by atoms with Crippen LogP contribution in [-0.4, -0.2) is 11.3 Å². The van der Waals surface area contributed by atoms with E-state index >= 15 is 0 Å². The molecule has 1 aromatic rings. The molecule has 0 N–H and O–H groups in total. The van der Waals surface area contributed by atoms with Crippen LogP contribution in [0.25, 0.3) is 0 Å². The lowest BCUT2D eigenvalue weighted by Crippen LogP contribution is -1.95. The summed E-state index contributed by atoms with van der Waals surface area (Å²) in [6, 6.07) is 3.70. The van der Waals surface area contributed by atoms with Gasteiger partial charge < -0.3 is 0 Å². The average Bonchev–Trinajstić information content (AvgIpc) is 2.16. The summed E-state index contributed by atoms with van der Waals surface area (Å²) in [6.45, 7) is 0. The standard InChI is InChI=1S/C8H4F2N2O/c9-8(10)7-2-5(4-13)1-6(3-11)12-7/h1-2,4,8H. The highest BCUT2D eigenvalue weighted by molar-refractivity contribution is 5.75. The van der Waals surface area contributed by atoms with E-state index in [2.05, 4.69) is 4.98 Å². The number of aldehydes is 1. The molecule has 5 heteroatoms. The van der Waals surface area contributed by atoms with E-state index in [4.69, 9.17) is 5.26 Å². The van der Waals surface area contributed by atoms with Crippen LogP contribution in [-0.2, 0) is 0 Å². The third-order valence-corrected chi connectivity index (χ3v) is 1.34. The summed E-state index contributed by atoms with van der Waals surface area (Å²) in [5.41, 5.74) is -0.706. The Hall–Kier alpha value is -1.83. The second-order valence-corrected chi connectivity index (χ2v) is 2.24. The van der Waals surface area contributed by atoms with Crippen molar-refractivity contribution in [3.05, 3.63) is 29.1 Å². The van der Waals surface area contributed by atoms with E-state index in [9.17, 15) is 13.6 Å². The molecule has 0 unspecified atom stereocenters. The fourth-order valence-corrected chi connectivity index (χ4v) is 0.811. The number of rotatable bonds is 2. The van der Waals surface area contributed by atoms with Crippen molar-refractivity contribution in [3.63, 3.8) is 0 Å². The summed E-state index contributed by atoms with van der Waals surface area (Å²) < 4.78 is 24.2. The molecule has 0 aliphatic heterocycles. The minimum absolute atomic E-state index is 0.0295. The van der Waals surface area contributed by atoms with Gasteiger partial charge in [-0.2, -0.15) is 5.26 Å². The van der Waals surface area contributed by atoms with Crippen LogP contribution in [0.5, 0.6) is 0 Å². The van der Waals surface area contributed by atoms with Gasteiger partial charge in [0.15, 0.2) is 0 Å². The lowest BCUT2D eigenvalue weighted by atomic mass is 10.2. The molecule has 3 nitrogen and oxygen atoms in total. The number of pyridine rings is 1. The normalized spacial score (nSPS) is 9.69. The molecule has 1 heterocycles. The molecule has 0 atom stereocenters. The first-order valence-corrected chi connectivity index (χ1v) is 3.33. The molecule has 13 heavy (non-hydrogen) atoms. The molecule has 0 spiro atoms. The molecular formula is C8H4F2N2O. The number of aromatic nitrogens is 1. The quantitative estimate of drug-likeness (QED) is 0.654. The van der Waals surface area contributed by atoms with Crippen molar-refractivity contribution in [1.29, 1.82) is 5.26 Å². The first-order chi connectivity index (χ1) is 6.17. The summed E-state index contributed by atoms with van der Waals surface area (Å²) in [5, 5.41) is 8.39. The molecule has 0 bridgehead atoms. The Kier molecular flexibility index (Phi) is 2.65. The first kappa shape index (κ1) is 9.26. The van der Waals surface area contributed by atoms with Gasteiger partial charge in [0.05, 0.1) is 0 Å². The lowest BCUT2D eigenvalue weighted by Gasteiger charge is -1.99. The molecule has 0 fully saturated rings. The number of carbonyl (C=O) groups is 1. The molecule has 66 valence electrons. The first-order valence-electron chi connectivity index (χ1n) is 3.33. The van der Waals surface area contributed by atoms with E-state index in [-0.39, 0.29) is 11.3 Å². The van der Waals surface area contributed by atoms with E-state index in [1.54, 1.807) is 6.07 Å². The van der Waals surface area contributed by atoms with Crippen molar-refractivity contribution in [2.75, 3.05) is 0 Å². The van der Waals surface area contributed by atoms with Gasteiger partial charge in [-0.25, -0.2) is 13.8 Å². The molecular weight excluding hydrogens is 178 g/mol. The Balaban J connectivity index is 3.24. The predicted molar refractivity (Wildman–Crippen MR) is 39.3 cm³/mol. The highest BCUT2D eigenvalue weighted by Gasteiger charge is 2.11. The van der Waals surface area contributed by atoms with Crippen LogP contribution < -0.4 is 0 Å².